The van der Waals surface area contributed by atoms with Crippen LogP contribution in [0.15, 0.2) is 163 Å². The maximum atomic E-state index is 14.3. The van der Waals surface area contributed by atoms with Crippen LogP contribution in [-0.2, 0) is 19.1 Å². The number of nitrogens with zero attached hydrogens (tertiary/aromatic N) is 1. The number of thioether (sulfide) groups is 1. The van der Waals surface area contributed by atoms with Gasteiger partial charge in [0.15, 0.2) is 6.10 Å². The molecule has 5 aromatic carbocycles. The Morgan fingerprint density at radius 1 is 0.729 bits per heavy atom. The summed E-state index contributed by atoms with van der Waals surface area (Å²) in [6.07, 6.45) is 2.49. The molecule has 0 saturated carbocycles. The second kappa shape index (κ2) is 14.0. The molecule has 1 fully saturated rings. The largest absolute Gasteiger partial charge is 0.448 e. The molecule has 2 heterocycles. The van der Waals surface area contributed by atoms with E-state index in [1.165, 1.54) is 20.8 Å². The fraction of sp³-hybridized carbons (Fsp3) is 0.125. The van der Waals surface area contributed by atoms with Crippen molar-refractivity contribution < 1.29 is 19.1 Å². The van der Waals surface area contributed by atoms with Crippen LogP contribution in [-0.4, -0.2) is 46.0 Å². The highest BCUT2D eigenvalue weighted by Gasteiger charge is 2.56. The molecule has 2 amide bonds. The van der Waals surface area contributed by atoms with E-state index in [-0.39, 0.29) is 16.9 Å². The Bertz CT molecular complexity index is 1770. The summed E-state index contributed by atoms with van der Waals surface area (Å²) in [5.74, 6) is -0.906. The molecule has 238 valence electrons. The van der Waals surface area contributed by atoms with Crippen LogP contribution >= 0.6 is 19.0 Å². The summed E-state index contributed by atoms with van der Waals surface area (Å²) in [7, 11) is -2.29. The highest BCUT2D eigenvalue weighted by Crippen LogP contribution is 2.58. The molecule has 1 saturated heterocycles. The topological polar surface area (TPSA) is 75.7 Å². The highest BCUT2D eigenvalue weighted by atomic mass is 32.2. The minimum atomic E-state index is -2.29. The zero-order chi connectivity index (χ0) is 32.9. The zero-order valence-electron chi connectivity index (χ0n) is 26.0. The lowest BCUT2D eigenvalue weighted by atomic mass is 10.0. The molecule has 0 aromatic heterocycles. The standard InChI is InChI=1S/C40H33N2O4PS/c43-28-41-36-38(44)42-35(40(45)46-37(29-16-6-1-7-17-29)30-18-8-2-9-19-30)26-34(48-39(36)42)27-47(31-20-10-3-11-21-31,32-22-12-4-13-23-32)33-24-14-5-15-25-33/h1-26,28,34,36-37,39H,27H2/p+1/t34?,36-,39-/m1/s1. The molecule has 5 aromatic rings. The smallest absolute Gasteiger partial charge is 0.355 e. The first kappa shape index (κ1) is 31.6. The Morgan fingerprint density at radius 2 is 1.17 bits per heavy atom. The number of hydrogen-bond donors (Lipinski definition) is 1. The lowest BCUT2D eigenvalue weighted by molar-refractivity contribution is -0.154. The van der Waals surface area contributed by atoms with Gasteiger partial charge in [-0.15, -0.1) is 11.8 Å². The lowest BCUT2D eigenvalue weighted by Crippen LogP contribution is -2.70. The van der Waals surface area contributed by atoms with Gasteiger partial charge in [-0.2, -0.15) is 0 Å². The first-order chi connectivity index (χ1) is 23.6. The average Bonchev–Trinajstić information content (AvgIpc) is 3.16. The molecule has 2 aliphatic rings. The van der Waals surface area contributed by atoms with Gasteiger partial charge < -0.3 is 10.1 Å². The molecule has 0 aliphatic carbocycles. The summed E-state index contributed by atoms with van der Waals surface area (Å²) in [5, 5.41) is 5.75. The number of hydrogen-bond acceptors (Lipinski definition) is 5. The molecular weight excluding hydrogens is 635 g/mol. The normalized spacial score (nSPS) is 18.7. The Hall–Kier alpha value is -4.97. The first-order valence-corrected chi connectivity index (χ1v) is 18.8. The van der Waals surface area contributed by atoms with Crippen LogP contribution in [0.5, 0.6) is 0 Å². The quantitative estimate of drug-likeness (QED) is 0.0859. The predicted molar refractivity (Wildman–Crippen MR) is 194 cm³/mol. The van der Waals surface area contributed by atoms with Crippen LogP contribution in [0.25, 0.3) is 0 Å². The van der Waals surface area contributed by atoms with E-state index in [2.05, 4.69) is 78.1 Å². The number of nitrogens with one attached hydrogen (secondary N) is 1. The van der Waals surface area contributed by atoms with Crippen LogP contribution in [0.1, 0.15) is 17.2 Å². The van der Waals surface area contributed by atoms with E-state index in [0.29, 0.717) is 12.6 Å². The van der Waals surface area contributed by atoms with Crippen LogP contribution in [0.3, 0.4) is 0 Å². The van der Waals surface area contributed by atoms with Gasteiger partial charge in [0.1, 0.15) is 40.3 Å². The number of amides is 2. The van der Waals surface area contributed by atoms with Gasteiger partial charge in [-0.1, -0.05) is 115 Å². The number of β-lactam (4-membered cyclic amide) rings is 1. The Kier molecular flexibility index (Phi) is 9.24. The fourth-order valence-corrected chi connectivity index (χ4v) is 13.1. The van der Waals surface area contributed by atoms with Crippen molar-refractivity contribution in [3.05, 3.63) is 175 Å². The Labute approximate surface area is 285 Å². The van der Waals surface area contributed by atoms with Crippen LogP contribution in [0, 0.1) is 0 Å². The molecule has 2 aliphatic heterocycles. The molecule has 0 spiro atoms. The maximum absolute atomic E-state index is 14.3. The molecule has 0 bridgehead atoms. The fourth-order valence-electron chi connectivity index (χ4n) is 6.66. The molecular formula is C40H34N2O4PS+. The van der Waals surface area contributed by atoms with Crippen LogP contribution in [0.2, 0.25) is 0 Å². The van der Waals surface area contributed by atoms with Gasteiger partial charge >= 0.3 is 5.97 Å². The van der Waals surface area contributed by atoms with E-state index in [0.717, 1.165) is 11.1 Å². The Balaban J connectivity index is 1.32. The van der Waals surface area contributed by atoms with Crippen molar-refractivity contribution in [3.63, 3.8) is 0 Å². The second-order valence-corrected chi connectivity index (χ2v) is 16.6. The first-order valence-electron chi connectivity index (χ1n) is 15.9. The molecule has 6 nitrogen and oxygen atoms in total. The Morgan fingerprint density at radius 3 is 1.60 bits per heavy atom. The van der Waals surface area contributed by atoms with E-state index in [1.807, 2.05) is 84.9 Å². The van der Waals surface area contributed by atoms with E-state index in [9.17, 15) is 14.4 Å². The van der Waals surface area contributed by atoms with Crippen LogP contribution in [0.4, 0.5) is 0 Å². The summed E-state index contributed by atoms with van der Waals surface area (Å²) in [6.45, 7) is 0. The lowest BCUT2D eigenvalue weighted by Gasteiger charge is -2.50. The third-order valence-corrected chi connectivity index (χ3v) is 15.0. The zero-order valence-corrected chi connectivity index (χ0v) is 27.8. The summed E-state index contributed by atoms with van der Waals surface area (Å²) in [6, 6.07) is 50.2. The van der Waals surface area contributed by atoms with E-state index < -0.39 is 30.8 Å². The van der Waals surface area contributed by atoms with Gasteiger partial charge in [-0.25, -0.2) is 4.79 Å². The third kappa shape index (κ3) is 5.96. The number of benzene rings is 5. The summed E-state index contributed by atoms with van der Waals surface area (Å²) in [4.78, 5) is 40.8. The molecule has 8 heteroatoms. The number of carbonyl (C=O) groups is 3. The number of carbonyl (C=O) groups excluding carboxylic acids is 3. The molecule has 7 rings (SSSR count). The van der Waals surface area contributed by atoms with Crippen molar-refractivity contribution in [2.24, 2.45) is 0 Å². The van der Waals surface area contributed by atoms with E-state index >= 15 is 0 Å². The summed E-state index contributed by atoms with van der Waals surface area (Å²) < 4.78 is 6.30. The minimum Gasteiger partial charge on any atom is -0.448 e. The van der Waals surface area contributed by atoms with Crippen molar-refractivity contribution in [2.45, 2.75) is 22.8 Å². The van der Waals surface area contributed by atoms with Gasteiger partial charge in [0.25, 0.3) is 5.91 Å². The van der Waals surface area contributed by atoms with Gasteiger partial charge in [-0.3, -0.25) is 14.5 Å². The molecule has 1 N–H and O–H groups in total. The number of rotatable bonds is 11. The molecule has 48 heavy (non-hydrogen) atoms. The van der Waals surface area contributed by atoms with Gasteiger partial charge in [0.05, 0.1) is 11.4 Å². The van der Waals surface area contributed by atoms with Gasteiger partial charge in [0.2, 0.25) is 6.41 Å². The third-order valence-electron chi connectivity index (χ3n) is 8.89. The van der Waals surface area contributed by atoms with Crippen molar-refractivity contribution in [1.29, 1.82) is 0 Å². The number of ether oxygens (including phenoxy) is 1. The molecule has 3 atom stereocenters. The van der Waals surface area contributed by atoms with Crippen molar-refractivity contribution in [1.82, 2.24) is 10.2 Å². The SMILES string of the molecule is O=CN[C@@H]1C(=O)N2C(C(=O)OC(c3ccccc3)c3ccccc3)=CC(C[P+](c3ccccc3)(c3ccccc3)c3ccccc3)S[C@H]12. The minimum absolute atomic E-state index is 0.182. The number of fused-ring (bicyclic) bond motifs is 1. The predicted octanol–water partition coefficient (Wildman–Crippen LogP) is 5.60. The average molecular weight is 670 g/mol. The van der Waals surface area contributed by atoms with E-state index in [4.69, 9.17) is 4.74 Å². The van der Waals surface area contributed by atoms with Gasteiger partial charge in [0, 0.05) is 0 Å². The summed E-state index contributed by atoms with van der Waals surface area (Å²) in [5.41, 5.74) is 1.86. The summed E-state index contributed by atoms with van der Waals surface area (Å²) >= 11 is 1.60. The molecule has 0 radical (unpaired) electrons. The maximum Gasteiger partial charge on any atom is 0.355 e. The molecule has 1 unspecified atom stereocenters. The highest BCUT2D eigenvalue weighted by molar-refractivity contribution is 8.02. The van der Waals surface area contributed by atoms with Crippen molar-refractivity contribution >= 4 is 53.2 Å². The van der Waals surface area contributed by atoms with Crippen molar-refractivity contribution in [2.75, 3.05) is 6.16 Å². The van der Waals surface area contributed by atoms with Crippen molar-refractivity contribution in [3.8, 4) is 0 Å². The second-order valence-electron chi connectivity index (χ2n) is 11.7. The number of esters is 1. The monoisotopic (exact) mass is 669 g/mol. The van der Waals surface area contributed by atoms with Crippen LogP contribution < -0.4 is 21.2 Å². The van der Waals surface area contributed by atoms with E-state index in [1.54, 1.807) is 11.8 Å². The van der Waals surface area contributed by atoms with Gasteiger partial charge in [-0.05, 0) is 53.6 Å².